The number of amides is 3. The van der Waals surface area contributed by atoms with E-state index in [0.717, 1.165) is 132 Å². The van der Waals surface area contributed by atoms with Gasteiger partial charge in [0.25, 0.3) is 0 Å². The smallest absolute Gasteiger partial charge is 0.222 e. The third-order valence-corrected chi connectivity index (χ3v) is 25.7. The average molecular weight is 1440 g/mol. The molecular weight excluding hydrogens is 1320 g/mol. The van der Waals surface area contributed by atoms with Crippen molar-refractivity contribution in [3.8, 4) is 0 Å². The predicted molar refractivity (Wildman–Crippen MR) is 436 cm³/mol. The quantitative estimate of drug-likeness (QED) is 0.0358. The van der Waals surface area contributed by atoms with Crippen LogP contribution in [0, 0.1) is 0 Å². The van der Waals surface area contributed by atoms with Gasteiger partial charge in [0, 0.05) is 109 Å². The molecule has 0 bridgehead atoms. The summed E-state index contributed by atoms with van der Waals surface area (Å²) in [5.41, 5.74) is 8.45. The molecule has 2 N–H and O–H groups in total. The van der Waals surface area contributed by atoms with Gasteiger partial charge < -0.3 is 25.3 Å². The zero-order valence-electron chi connectivity index (χ0n) is 59.9. The van der Waals surface area contributed by atoms with Gasteiger partial charge in [-0.05, 0) is 167 Å². The maximum atomic E-state index is 12.4. The van der Waals surface area contributed by atoms with Crippen molar-refractivity contribution in [2.24, 2.45) is 0 Å². The van der Waals surface area contributed by atoms with Crippen molar-refractivity contribution in [1.82, 2.24) is 25.3 Å². The summed E-state index contributed by atoms with van der Waals surface area (Å²) in [6, 6.07) is 64.6. The molecule has 3 unspecified atom stereocenters. The number of carbonyl (C=O) groups is 3. The van der Waals surface area contributed by atoms with E-state index in [1.54, 1.807) is 0 Å². The first-order valence-corrected chi connectivity index (χ1v) is 44.0. The molecule has 2 saturated heterocycles. The number of unbranched alkanes of at least 4 members (excludes halogenated alkanes) is 3. The lowest BCUT2D eigenvalue weighted by atomic mass is 10.1. The minimum atomic E-state index is 0.203. The van der Waals surface area contributed by atoms with E-state index in [1.165, 1.54) is 141 Å². The van der Waals surface area contributed by atoms with Gasteiger partial charge in [-0.15, -0.1) is 0 Å². The maximum Gasteiger partial charge on any atom is 0.222 e. The topological polar surface area (TPSA) is 85.0 Å². The van der Waals surface area contributed by atoms with Crippen molar-refractivity contribution < 1.29 is 14.4 Å². The van der Waals surface area contributed by atoms with Crippen molar-refractivity contribution in [2.45, 2.75) is 199 Å². The largest absolute Gasteiger partial charge is 0.355 e. The summed E-state index contributed by atoms with van der Waals surface area (Å²) in [4.78, 5) is 43.7. The number of rotatable bonds is 47. The Labute approximate surface area is 620 Å². The average Bonchev–Trinajstić information content (AvgIpc) is 2.42. The summed E-state index contributed by atoms with van der Waals surface area (Å²) in [5.74, 6) is 10.9. The zero-order chi connectivity index (χ0) is 68.8. The minimum absolute atomic E-state index is 0.203. The van der Waals surface area contributed by atoms with Crippen LogP contribution in [0.4, 0.5) is 0 Å². The molecule has 8 nitrogen and oxygen atoms in total. The molecule has 6 aromatic rings. The van der Waals surface area contributed by atoms with E-state index in [0.29, 0.717) is 34.5 Å². The third-order valence-electron chi connectivity index (χ3n) is 18.2. The molecule has 8 rings (SSSR count). The Morgan fingerprint density at radius 1 is 0.378 bits per heavy atom. The van der Waals surface area contributed by atoms with Gasteiger partial charge in [0.15, 0.2) is 0 Å². The summed E-state index contributed by atoms with van der Waals surface area (Å²) in [7, 11) is 0. The van der Waals surface area contributed by atoms with Crippen molar-refractivity contribution in [2.75, 3.05) is 82.7 Å². The lowest BCUT2D eigenvalue weighted by molar-refractivity contribution is -0.132. The van der Waals surface area contributed by atoms with E-state index in [2.05, 4.69) is 256 Å². The van der Waals surface area contributed by atoms with E-state index in [-0.39, 0.29) is 11.8 Å². The summed E-state index contributed by atoms with van der Waals surface area (Å²) in [6.07, 6.45) is 23.4. The van der Waals surface area contributed by atoms with Crippen LogP contribution in [0.25, 0.3) is 0 Å². The standard InChI is InChI=1S/C29H42N2OS2.C28H42N2OS2.C27H37NOS2/c32-29(30-19-22-31-20-10-3-11-21-31)17-9-8-16-28(34-25-27-14-6-2-7-15-27)18-23-33-24-26-12-4-1-5-13-26;1-3-30(4-2)21-20-29-28(31)18-12-11-17-27(33-24-26-15-9-6-10-16-26)19-22-32-23-25-13-7-5-8-14-25;29-27(28-19-10-3-11-20-28)17-9-8-16-26(31-23-25-14-6-2-7-15-25)18-21-30-22-24-12-4-1-5-13-24/h1-2,4-7,12-15,28H,3,8-11,16-25H2,(H,30,32);5-10,13-16,27H,3-4,11-12,17-24H2,1-2H3,(H,29,31);1-2,4-7,12-15,26H,3,8-11,16-23H2. The molecular formula is C84H121N5O3S6. The number of likely N-dealkylation sites (N-methyl/N-ethyl adjacent to an activating group) is 1. The highest BCUT2D eigenvalue weighted by Crippen LogP contribution is 2.31. The van der Waals surface area contributed by atoms with Crippen LogP contribution in [-0.2, 0) is 48.9 Å². The summed E-state index contributed by atoms with van der Waals surface area (Å²) in [6.45, 7) is 14.3. The molecule has 98 heavy (non-hydrogen) atoms. The molecule has 6 aromatic carbocycles. The monoisotopic (exact) mass is 1440 g/mol. The molecule has 2 aliphatic rings. The number of likely N-dealkylation sites (tertiary alicyclic amines) is 2. The van der Waals surface area contributed by atoms with Crippen molar-refractivity contribution in [3.63, 3.8) is 0 Å². The fraction of sp³-hybridized carbons (Fsp3) is 0.536. The number of nitrogens with one attached hydrogen (secondary N) is 2. The normalized spacial score (nSPS) is 14.1. The molecule has 2 fully saturated rings. The van der Waals surface area contributed by atoms with Crippen LogP contribution in [0.5, 0.6) is 0 Å². The van der Waals surface area contributed by atoms with Gasteiger partial charge in [0.2, 0.25) is 17.7 Å². The molecule has 0 aliphatic carbocycles. The van der Waals surface area contributed by atoms with Crippen LogP contribution in [0.1, 0.15) is 182 Å². The molecule has 536 valence electrons. The fourth-order valence-electron chi connectivity index (χ4n) is 12.1. The molecule has 3 atom stereocenters. The number of hydrogen-bond donors (Lipinski definition) is 2. The van der Waals surface area contributed by atoms with Gasteiger partial charge in [-0.2, -0.15) is 70.6 Å². The highest BCUT2D eigenvalue weighted by molar-refractivity contribution is 8.00. The van der Waals surface area contributed by atoms with E-state index < -0.39 is 0 Å². The Morgan fingerprint density at radius 3 is 1.04 bits per heavy atom. The zero-order valence-corrected chi connectivity index (χ0v) is 64.8. The highest BCUT2D eigenvalue weighted by atomic mass is 32.2. The molecule has 0 saturated carbocycles. The lowest BCUT2D eigenvalue weighted by Crippen LogP contribution is -2.37. The second-order valence-corrected chi connectivity index (χ2v) is 33.2. The highest BCUT2D eigenvalue weighted by Gasteiger charge is 2.18. The maximum absolute atomic E-state index is 12.4. The Morgan fingerprint density at radius 2 is 0.694 bits per heavy atom. The van der Waals surface area contributed by atoms with Crippen LogP contribution in [0.15, 0.2) is 182 Å². The van der Waals surface area contributed by atoms with Crippen molar-refractivity contribution >= 4 is 88.3 Å². The first-order chi connectivity index (χ1) is 48.3. The Balaban J connectivity index is 0.000000232. The fourth-order valence-corrected chi connectivity index (χ4v) is 19.3. The van der Waals surface area contributed by atoms with Crippen molar-refractivity contribution in [1.29, 1.82) is 0 Å². The van der Waals surface area contributed by atoms with Crippen LogP contribution in [0.3, 0.4) is 0 Å². The molecule has 14 heteroatoms. The third kappa shape index (κ3) is 40.4. The van der Waals surface area contributed by atoms with Crippen LogP contribution >= 0.6 is 70.6 Å². The minimum Gasteiger partial charge on any atom is -0.355 e. The van der Waals surface area contributed by atoms with Gasteiger partial charge in [-0.3, -0.25) is 14.4 Å². The second kappa shape index (κ2) is 55.4. The van der Waals surface area contributed by atoms with Gasteiger partial charge in [-0.25, -0.2) is 0 Å². The first-order valence-electron chi connectivity index (χ1n) is 37.4. The van der Waals surface area contributed by atoms with Crippen molar-refractivity contribution in [3.05, 3.63) is 215 Å². The molecule has 0 spiro atoms. The Bertz CT molecular complexity index is 2870. The van der Waals surface area contributed by atoms with Gasteiger partial charge in [-0.1, -0.05) is 222 Å². The van der Waals surface area contributed by atoms with E-state index in [9.17, 15) is 14.4 Å². The number of benzene rings is 6. The van der Waals surface area contributed by atoms with E-state index in [4.69, 9.17) is 0 Å². The number of hydrogen-bond acceptors (Lipinski definition) is 11. The summed E-state index contributed by atoms with van der Waals surface area (Å²) in [5, 5.41) is 8.20. The first kappa shape index (κ1) is 82.7. The summed E-state index contributed by atoms with van der Waals surface area (Å²) < 4.78 is 0. The predicted octanol–water partition coefficient (Wildman–Crippen LogP) is 20.6. The number of piperidine rings is 2. The molecule has 0 radical (unpaired) electrons. The van der Waals surface area contributed by atoms with Crippen LogP contribution in [-0.4, -0.2) is 131 Å². The SMILES string of the molecule is CCN(CC)CCNC(=O)CCCCC(CCSCc1ccccc1)SCc1ccccc1.O=C(CCCCC(CCSCc1ccccc1)SCc1ccccc1)N1CCCCC1.O=C(CCCCC(CCSCc1ccccc1)SCc1ccccc1)NCCN1CCCCC1. The van der Waals surface area contributed by atoms with Crippen LogP contribution in [0.2, 0.25) is 0 Å². The summed E-state index contributed by atoms with van der Waals surface area (Å²) >= 11 is 12.4. The Hall–Kier alpha value is -4.25. The number of nitrogens with zero attached hydrogens (tertiary/aromatic N) is 3. The van der Waals surface area contributed by atoms with Gasteiger partial charge in [0.1, 0.15) is 0 Å². The number of thioether (sulfide) groups is 6. The van der Waals surface area contributed by atoms with Gasteiger partial charge in [0.05, 0.1) is 0 Å². The van der Waals surface area contributed by atoms with Gasteiger partial charge >= 0.3 is 0 Å². The lowest BCUT2D eigenvalue weighted by Gasteiger charge is -2.26. The van der Waals surface area contributed by atoms with Crippen LogP contribution < -0.4 is 10.6 Å². The molecule has 3 amide bonds. The van der Waals surface area contributed by atoms with E-state index >= 15 is 0 Å². The molecule has 2 heterocycles. The number of carbonyl (C=O) groups excluding carboxylic acids is 3. The Kier molecular flexibility index (Phi) is 46.7. The molecule has 2 aliphatic heterocycles. The second-order valence-electron chi connectivity index (χ2n) is 26.0. The molecule has 0 aromatic heterocycles. The van der Waals surface area contributed by atoms with E-state index in [1.807, 2.05) is 35.3 Å².